The van der Waals surface area contributed by atoms with Gasteiger partial charge in [-0.05, 0) is 30.9 Å². The highest BCUT2D eigenvalue weighted by Gasteiger charge is 2.19. The number of ether oxygens (including phenoxy) is 1. The first-order valence-electron chi connectivity index (χ1n) is 5.54. The molecule has 0 bridgehead atoms. The van der Waals surface area contributed by atoms with E-state index in [9.17, 15) is 4.79 Å². The fraction of sp³-hybridized carbons (Fsp3) is 0.500. The average Bonchev–Trinajstić information content (AvgIpc) is 2.38. The third-order valence-electron chi connectivity index (χ3n) is 3.02. The molecular formula is C12H15N2O2. The van der Waals surface area contributed by atoms with Crippen LogP contribution in [0.3, 0.4) is 0 Å². The molecular weight excluding hydrogens is 204 g/mol. The topological polar surface area (TPSA) is 42.4 Å². The second-order valence-electron chi connectivity index (χ2n) is 4.03. The standard InChI is InChI=1S/C12H15N2O2/c15-10-16-9-11-3-7-14(8-4-11)12-1-5-13-6-2-12/h1-2,5-6,11H,3-4,7-9H2. The molecule has 85 valence electrons. The number of hydrogen-bond donors (Lipinski definition) is 0. The fourth-order valence-corrected chi connectivity index (χ4v) is 2.06. The zero-order chi connectivity index (χ0) is 11.2. The van der Waals surface area contributed by atoms with E-state index in [1.807, 2.05) is 24.5 Å². The van der Waals surface area contributed by atoms with Gasteiger partial charge >= 0.3 is 6.47 Å². The van der Waals surface area contributed by atoms with Gasteiger partial charge in [0.2, 0.25) is 0 Å². The number of anilines is 1. The molecule has 0 N–H and O–H groups in total. The number of hydrogen-bond acceptors (Lipinski definition) is 4. The molecule has 4 heteroatoms. The van der Waals surface area contributed by atoms with Crippen molar-refractivity contribution in [1.82, 2.24) is 4.98 Å². The van der Waals surface area contributed by atoms with Crippen molar-refractivity contribution in [2.75, 3.05) is 24.6 Å². The van der Waals surface area contributed by atoms with Crippen LogP contribution >= 0.6 is 0 Å². The Morgan fingerprint density at radius 1 is 1.38 bits per heavy atom. The minimum Gasteiger partial charge on any atom is -0.457 e. The average molecular weight is 219 g/mol. The maximum absolute atomic E-state index is 9.97. The van der Waals surface area contributed by atoms with Gasteiger partial charge in [0.05, 0.1) is 6.61 Å². The van der Waals surface area contributed by atoms with Gasteiger partial charge in [0, 0.05) is 31.2 Å². The maximum Gasteiger partial charge on any atom is 0.417 e. The number of pyridine rings is 1. The highest BCUT2D eigenvalue weighted by atomic mass is 16.5. The normalized spacial score (nSPS) is 17.1. The Kier molecular flexibility index (Phi) is 3.75. The lowest BCUT2D eigenvalue weighted by Crippen LogP contribution is -2.35. The zero-order valence-corrected chi connectivity index (χ0v) is 9.13. The molecule has 0 aromatic carbocycles. The highest BCUT2D eigenvalue weighted by molar-refractivity contribution is 5.44. The molecule has 0 aliphatic carbocycles. The molecule has 0 spiro atoms. The van der Waals surface area contributed by atoms with Gasteiger partial charge in [0.1, 0.15) is 0 Å². The van der Waals surface area contributed by atoms with E-state index >= 15 is 0 Å². The second kappa shape index (κ2) is 5.49. The number of piperidine rings is 1. The molecule has 2 rings (SSSR count). The Balaban J connectivity index is 1.83. The summed E-state index contributed by atoms with van der Waals surface area (Å²) in [6.07, 6.45) is 5.74. The van der Waals surface area contributed by atoms with Crippen molar-refractivity contribution in [1.29, 1.82) is 0 Å². The molecule has 1 aromatic rings. The van der Waals surface area contributed by atoms with E-state index in [1.54, 1.807) is 0 Å². The zero-order valence-electron chi connectivity index (χ0n) is 9.13. The van der Waals surface area contributed by atoms with E-state index in [0.29, 0.717) is 12.5 Å². The number of nitrogens with zero attached hydrogens (tertiary/aromatic N) is 2. The van der Waals surface area contributed by atoms with Crippen molar-refractivity contribution in [3.05, 3.63) is 24.5 Å². The molecule has 16 heavy (non-hydrogen) atoms. The Labute approximate surface area is 95.2 Å². The summed E-state index contributed by atoms with van der Waals surface area (Å²) in [6, 6.07) is 4.05. The second-order valence-corrected chi connectivity index (χ2v) is 4.03. The van der Waals surface area contributed by atoms with Gasteiger partial charge in [-0.3, -0.25) is 4.98 Å². The van der Waals surface area contributed by atoms with Gasteiger partial charge in [-0.25, -0.2) is 4.79 Å². The maximum atomic E-state index is 9.97. The predicted molar refractivity (Wildman–Crippen MR) is 60.8 cm³/mol. The van der Waals surface area contributed by atoms with Gasteiger partial charge in [-0.2, -0.15) is 0 Å². The van der Waals surface area contributed by atoms with Crippen LogP contribution < -0.4 is 4.90 Å². The van der Waals surface area contributed by atoms with Crippen molar-refractivity contribution >= 4 is 12.2 Å². The lowest BCUT2D eigenvalue weighted by Gasteiger charge is -2.32. The highest BCUT2D eigenvalue weighted by Crippen LogP contribution is 2.22. The van der Waals surface area contributed by atoms with Crippen molar-refractivity contribution in [2.45, 2.75) is 12.8 Å². The van der Waals surface area contributed by atoms with Crippen LogP contribution in [-0.4, -0.2) is 31.2 Å². The summed E-state index contributed by atoms with van der Waals surface area (Å²) < 4.78 is 4.68. The molecule has 4 nitrogen and oxygen atoms in total. The first kappa shape index (κ1) is 10.9. The van der Waals surface area contributed by atoms with Gasteiger partial charge in [-0.15, -0.1) is 0 Å². The molecule has 2 heterocycles. The minimum absolute atomic E-state index is 0.486. The molecule has 0 unspecified atom stereocenters. The van der Waals surface area contributed by atoms with Crippen molar-refractivity contribution < 1.29 is 9.53 Å². The van der Waals surface area contributed by atoms with Gasteiger partial charge < -0.3 is 9.64 Å². The third kappa shape index (κ3) is 2.72. The van der Waals surface area contributed by atoms with Gasteiger partial charge in [0.25, 0.3) is 0 Å². The quantitative estimate of drug-likeness (QED) is 0.767. The smallest absolute Gasteiger partial charge is 0.417 e. The Morgan fingerprint density at radius 3 is 2.69 bits per heavy atom. The summed E-state index contributed by atoms with van der Waals surface area (Å²) in [5.41, 5.74) is 1.22. The summed E-state index contributed by atoms with van der Waals surface area (Å²) in [5, 5.41) is 0. The monoisotopic (exact) mass is 219 g/mol. The van der Waals surface area contributed by atoms with Crippen molar-refractivity contribution in [3.63, 3.8) is 0 Å². The van der Waals surface area contributed by atoms with E-state index in [2.05, 4.69) is 14.6 Å². The van der Waals surface area contributed by atoms with E-state index in [0.717, 1.165) is 25.9 Å². The first-order valence-corrected chi connectivity index (χ1v) is 5.54. The summed E-state index contributed by atoms with van der Waals surface area (Å²) in [6.45, 7) is 4.02. The molecule has 1 radical (unpaired) electrons. The summed E-state index contributed by atoms with van der Waals surface area (Å²) in [4.78, 5) is 16.3. The minimum atomic E-state index is 0.486. The number of rotatable bonds is 4. The van der Waals surface area contributed by atoms with Crippen molar-refractivity contribution in [2.24, 2.45) is 5.92 Å². The van der Waals surface area contributed by atoms with E-state index < -0.39 is 0 Å². The van der Waals surface area contributed by atoms with Crippen LogP contribution in [0.15, 0.2) is 24.5 Å². The molecule has 1 aromatic heterocycles. The van der Waals surface area contributed by atoms with E-state index in [-0.39, 0.29) is 0 Å². The fourth-order valence-electron chi connectivity index (χ4n) is 2.06. The molecule has 0 amide bonds. The molecule has 1 fully saturated rings. The number of aromatic nitrogens is 1. The first-order chi connectivity index (χ1) is 7.90. The molecule has 0 saturated carbocycles. The predicted octanol–water partition coefficient (Wildman–Crippen LogP) is 1.38. The summed E-state index contributed by atoms with van der Waals surface area (Å²) in [7, 11) is 0. The third-order valence-corrected chi connectivity index (χ3v) is 3.02. The lowest BCUT2D eigenvalue weighted by molar-refractivity contribution is 0.201. The van der Waals surface area contributed by atoms with Crippen LogP contribution in [0.4, 0.5) is 5.69 Å². The Bertz CT molecular complexity index is 321. The largest absolute Gasteiger partial charge is 0.457 e. The van der Waals surface area contributed by atoms with Gasteiger partial charge in [0.15, 0.2) is 0 Å². The molecule has 1 aliphatic rings. The van der Waals surface area contributed by atoms with Crippen LogP contribution in [0.25, 0.3) is 0 Å². The van der Waals surface area contributed by atoms with Crippen LogP contribution in [0.1, 0.15) is 12.8 Å². The van der Waals surface area contributed by atoms with Crippen LogP contribution in [-0.2, 0) is 9.53 Å². The van der Waals surface area contributed by atoms with Gasteiger partial charge in [-0.1, -0.05) is 0 Å². The molecule has 1 aliphatic heterocycles. The summed E-state index contributed by atoms with van der Waals surface area (Å²) >= 11 is 0. The van der Waals surface area contributed by atoms with Crippen LogP contribution in [0.5, 0.6) is 0 Å². The lowest BCUT2D eigenvalue weighted by atomic mass is 9.97. The van der Waals surface area contributed by atoms with Crippen LogP contribution in [0, 0.1) is 5.92 Å². The van der Waals surface area contributed by atoms with Crippen molar-refractivity contribution in [3.8, 4) is 0 Å². The molecule has 1 saturated heterocycles. The number of carbonyl (C=O) groups excluding carboxylic acids is 1. The SMILES string of the molecule is O=[C]OCC1CCN(c2ccncc2)CC1. The van der Waals surface area contributed by atoms with Crippen LogP contribution in [0.2, 0.25) is 0 Å². The van der Waals surface area contributed by atoms with E-state index in [4.69, 9.17) is 0 Å². The van der Waals surface area contributed by atoms with E-state index in [1.165, 1.54) is 12.2 Å². The summed E-state index contributed by atoms with van der Waals surface area (Å²) in [5.74, 6) is 0.486. The molecule has 0 atom stereocenters. The Hall–Kier alpha value is -1.58. The Morgan fingerprint density at radius 2 is 2.06 bits per heavy atom.